The second-order valence-corrected chi connectivity index (χ2v) is 6.13. The van der Waals surface area contributed by atoms with Crippen molar-refractivity contribution < 1.29 is 14.3 Å². The summed E-state index contributed by atoms with van der Waals surface area (Å²) in [4.78, 5) is 25.0. The van der Waals surface area contributed by atoms with E-state index < -0.39 is 12.3 Å². The van der Waals surface area contributed by atoms with E-state index >= 15 is 0 Å². The smallest absolute Gasteiger partial charge is 0.342 e. The molecule has 0 aliphatic rings. The number of H-pyrrole nitrogens is 1. The molecular formula is C20H23N3O3. The average molecular weight is 353 g/mol. The fourth-order valence-electron chi connectivity index (χ4n) is 2.76. The number of esters is 1. The summed E-state index contributed by atoms with van der Waals surface area (Å²) in [6, 6.07) is 7.77. The molecule has 0 amide bonds. The number of rotatable bonds is 6. The zero-order valence-corrected chi connectivity index (χ0v) is 15.5. The summed E-state index contributed by atoms with van der Waals surface area (Å²) in [6.07, 6.45) is 1.91. The molecule has 0 saturated carbocycles. The molecule has 2 aromatic heterocycles. The van der Waals surface area contributed by atoms with Gasteiger partial charge in [-0.2, -0.15) is 0 Å². The normalized spacial score (nSPS) is 12.3. The maximum atomic E-state index is 12.7. The summed E-state index contributed by atoms with van der Waals surface area (Å²) in [5, 5.41) is 0. The molecule has 1 N–H and O–H groups in total. The van der Waals surface area contributed by atoms with Crippen molar-refractivity contribution >= 4 is 17.0 Å². The maximum absolute atomic E-state index is 12.7. The number of nitrogens with one attached hydrogen (secondary N) is 1. The van der Waals surface area contributed by atoms with Gasteiger partial charge in [-0.25, -0.2) is 9.78 Å². The van der Waals surface area contributed by atoms with Crippen molar-refractivity contribution in [2.24, 2.45) is 0 Å². The highest BCUT2D eigenvalue weighted by Gasteiger charge is 2.21. The van der Waals surface area contributed by atoms with Crippen LogP contribution in [0, 0.1) is 6.92 Å². The summed E-state index contributed by atoms with van der Waals surface area (Å²) < 4.78 is 10.7. The molecule has 0 saturated heterocycles. The number of pyridine rings is 1. The molecule has 1 unspecified atom stereocenters. The molecule has 6 heteroatoms. The molecular weight excluding hydrogens is 330 g/mol. The number of carbonyl (C=O) groups excluding carboxylic acids is 1. The lowest BCUT2D eigenvalue weighted by Crippen LogP contribution is -2.19. The van der Waals surface area contributed by atoms with Crippen LogP contribution in [0.2, 0.25) is 0 Å². The number of carbonyl (C=O) groups is 1. The molecule has 3 aromatic rings. The van der Waals surface area contributed by atoms with Crippen LogP contribution in [0.5, 0.6) is 0 Å². The highest BCUT2D eigenvalue weighted by atomic mass is 16.7. The van der Waals surface area contributed by atoms with Gasteiger partial charge in [-0.3, -0.25) is 4.98 Å². The standard InChI is InChI=1S/C20H23N3O3/c1-5-14-10-15(20(24)26-13(4)25-6-2)18(21-11-14)19-22-16-8-7-12(3)9-17(16)23-19/h7-11,13H,5-6H2,1-4H3,(H,22,23). The van der Waals surface area contributed by atoms with Gasteiger partial charge in [0.25, 0.3) is 0 Å². The van der Waals surface area contributed by atoms with Crippen molar-refractivity contribution in [1.29, 1.82) is 0 Å². The summed E-state index contributed by atoms with van der Waals surface area (Å²) in [5.41, 5.74) is 4.68. The Labute approximate surface area is 152 Å². The number of aromatic nitrogens is 3. The van der Waals surface area contributed by atoms with Gasteiger partial charge in [-0.15, -0.1) is 0 Å². The van der Waals surface area contributed by atoms with E-state index in [2.05, 4.69) is 15.0 Å². The minimum atomic E-state index is -0.621. The lowest BCUT2D eigenvalue weighted by molar-refractivity contribution is -0.0940. The summed E-state index contributed by atoms with van der Waals surface area (Å²) in [6.45, 7) is 8.05. The zero-order valence-electron chi connectivity index (χ0n) is 15.5. The van der Waals surface area contributed by atoms with Gasteiger partial charge in [0.15, 0.2) is 12.1 Å². The average Bonchev–Trinajstić information content (AvgIpc) is 3.04. The molecule has 6 nitrogen and oxygen atoms in total. The van der Waals surface area contributed by atoms with Crippen molar-refractivity contribution in [2.75, 3.05) is 6.61 Å². The van der Waals surface area contributed by atoms with Gasteiger partial charge in [-0.1, -0.05) is 13.0 Å². The third kappa shape index (κ3) is 3.75. The minimum absolute atomic E-state index is 0.381. The quantitative estimate of drug-likeness (QED) is 0.535. The number of imidazole rings is 1. The van der Waals surface area contributed by atoms with Crippen LogP contribution in [0.3, 0.4) is 0 Å². The summed E-state index contributed by atoms with van der Waals surface area (Å²) in [5.74, 6) is 0.0738. The lowest BCUT2D eigenvalue weighted by atomic mass is 10.1. The van der Waals surface area contributed by atoms with Crippen molar-refractivity contribution in [3.8, 4) is 11.5 Å². The Balaban J connectivity index is 2.03. The monoisotopic (exact) mass is 353 g/mol. The Kier molecular flexibility index (Phi) is 5.32. The van der Waals surface area contributed by atoms with E-state index in [0.29, 0.717) is 23.7 Å². The van der Waals surface area contributed by atoms with Crippen LogP contribution in [-0.4, -0.2) is 33.8 Å². The van der Waals surface area contributed by atoms with E-state index in [-0.39, 0.29) is 0 Å². The van der Waals surface area contributed by atoms with Gasteiger partial charge < -0.3 is 14.5 Å². The number of aryl methyl sites for hydroxylation is 2. The number of nitrogens with zero attached hydrogens (tertiary/aromatic N) is 2. The summed E-state index contributed by atoms with van der Waals surface area (Å²) in [7, 11) is 0. The molecule has 0 aliphatic carbocycles. The predicted molar refractivity (Wildman–Crippen MR) is 99.9 cm³/mol. The third-order valence-corrected chi connectivity index (χ3v) is 4.11. The fourth-order valence-corrected chi connectivity index (χ4v) is 2.76. The molecule has 3 rings (SSSR count). The molecule has 0 fully saturated rings. The first-order valence-corrected chi connectivity index (χ1v) is 8.80. The van der Waals surface area contributed by atoms with Crippen LogP contribution in [0.15, 0.2) is 30.5 Å². The molecule has 26 heavy (non-hydrogen) atoms. The van der Waals surface area contributed by atoms with E-state index in [1.807, 2.05) is 45.0 Å². The first kappa shape index (κ1) is 18.1. The third-order valence-electron chi connectivity index (χ3n) is 4.11. The Morgan fingerprint density at radius 1 is 1.27 bits per heavy atom. The Bertz CT molecular complexity index is 933. The number of hydrogen-bond donors (Lipinski definition) is 1. The second kappa shape index (κ2) is 7.66. The SMILES string of the molecule is CCOC(C)OC(=O)c1cc(CC)cnc1-c1nc2ccc(C)cc2[nH]1. The van der Waals surface area contributed by atoms with Gasteiger partial charge >= 0.3 is 5.97 Å². The molecule has 1 aromatic carbocycles. The highest BCUT2D eigenvalue weighted by Crippen LogP contribution is 2.24. The molecule has 0 aliphatic heterocycles. The van der Waals surface area contributed by atoms with Gasteiger partial charge in [0.2, 0.25) is 0 Å². The van der Waals surface area contributed by atoms with Crippen molar-refractivity contribution in [1.82, 2.24) is 15.0 Å². The Morgan fingerprint density at radius 3 is 2.81 bits per heavy atom. The van der Waals surface area contributed by atoms with Crippen molar-refractivity contribution in [2.45, 2.75) is 40.4 Å². The Morgan fingerprint density at radius 2 is 2.08 bits per heavy atom. The molecule has 0 radical (unpaired) electrons. The van der Waals surface area contributed by atoms with Crippen LogP contribution in [0.1, 0.15) is 42.3 Å². The topological polar surface area (TPSA) is 77.1 Å². The minimum Gasteiger partial charge on any atom is -0.432 e. The molecule has 136 valence electrons. The number of aromatic amines is 1. The van der Waals surface area contributed by atoms with E-state index in [1.54, 1.807) is 13.1 Å². The van der Waals surface area contributed by atoms with Crippen LogP contribution in [0.4, 0.5) is 0 Å². The maximum Gasteiger partial charge on any atom is 0.342 e. The van der Waals surface area contributed by atoms with Crippen LogP contribution in [-0.2, 0) is 15.9 Å². The number of benzene rings is 1. The number of ether oxygens (including phenoxy) is 2. The highest BCUT2D eigenvalue weighted by molar-refractivity contribution is 5.96. The fraction of sp³-hybridized carbons (Fsp3) is 0.350. The molecule has 0 spiro atoms. The molecule has 1 atom stereocenters. The van der Waals surface area contributed by atoms with Gasteiger partial charge in [0.1, 0.15) is 5.69 Å². The van der Waals surface area contributed by atoms with Gasteiger partial charge in [0, 0.05) is 12.8 Å². The summed E-state index contributed by atoms with van der Waals surface area (Å²) >= 11 is 0. The zero-order chi connectivity index (χ0) is 18.7. The predicted octanol–water partition coefficient (Wildman–Crippen LogP) is 4.04. The largest absolute Gasteiger partial charge is 0.432 e. The van der Waals surface area contributed by atoms with E-state index in [4.69, 9.17) is 9.47 Å². The lowest BCUT2D eigenvalue weighted by Gasteiger charge is -2.14. The van der Waals surface area contributed by atoms with Crippen molar-refractivity contribution in [3.63, 3.8) is 0 Å². The number of hydrogen-bond acceptors (Lipinski definition) is 5. The van der Waals surface area contributed by atoms with E-state index in [9.17, 15) is 4.79 Å². The van der Waals surface area contributed by atoms with Crippen LogP contribution >= 0.6 is 0 Å². The van der Waals surface area contributed by atoms with Gasteiger partial charge in [-0.05, 0) is 56.5 Å². The van der Waals surface area contributed by atoms with Gasteiger partial charge in [0.05, 0.1) is 16.6 Å². The first-order chi connectivity index (χ1) is 12.5. The molecule has 2 heterocycles. The van der Waals surface area contributed by atoms with Crippen LogP contribution in [0.25, 0.3) is 22.6 Å². The Hall–Kier alpha value is -2.73. The van der Waals surface area contributed by atoms with E-state index in [0.717, 1.165) is 28.6 Å². The molecule has 0 bridgehead atoms. The van der Waals surface area contributed by atoms with Crippen molar-refractivity contribution in [3.05, 3.63) is 47.2 Å². The number of fused-ring (bicyclic) bond motifs is 1. The van der Waals surface area contributed by atoms with Crippen LogP contribution < -0.4 is 0 Å². The first-order valence-electron chi connectivity index (χ1n) is 8.80. The van der Waals surface area contributed by atoms with E-state index in [1.165, 1.54) is 0 Å². The second-order valence-electron chi connectivity index (χ2n) is 6.13.